The molecular formula is C7H5N3O. The first-order chi connectivity index (χ1) is 5.36. The number of rotatable bonds is 0. The van der Waals surface area contributed by atoms with Gasteiger partial charge in [-0.15, -0.1) is 0 Å². The first-order valence-electron chi connectivity index (χ1n) is 3.17. The number of nitrogens with one attached hydrogen (secondary N) is 1. The zero-order chi connectivity index (χ0) is 7.68. The van der Waals surface area contributed by atoms with E-state index in [0.717, 1.165) is 5.39 Å². The molecule has 0 radical (unpaired) electrons. The van der Waals surface area contributed by atoms with Gasteiger partial charge in [0.1, 0.15) is 0 Å². The Labute approximate surface area is 61.9 Å². The maximum atomic E-state index is 10.7. The van der Waals surface area contributed by atoms with Crippen molar-refractivity contribution in [2.75, 3.05) is 0 Å². The van der Waals surface area contributed by atoms with Crippen LogP contribution in [0.3, 0.4) is 0 Å². The van der Waals surface area contributed by atoms with Crippen LogP contribution in [0.15, 0.2) is 29.2 Å². The van der Waals surface area contributed by atoms with Crippen molar-refractivity contribution in [1.82, 2.24) is 15.2 Å². The number of H-pyrrole nitrogens is 1. The van der Waals surface area contributed by atoms with Crippen LogP contribution in [0.5, 0.6) is 0 Å². The Kier molecular flexibility index (Phi) is 1.18. The van der Waals surface area contributed by atoms with Crippen LogP contribution < -0.4 is 5.56 Å². The quantitative estimate of drug-likeness (QED) is 0.583. The fourth-order valence-electron chi connectivity index (χ4n) is 0.897. The van der Waals surface area contributed by atoms with E-state index >= 15 is 0 Å². The fourth-order valence-corrected chi connectivity index (χ4v) is 0.897. The Morgan fingerprint density at radius 2 is 2.36 bits per heavy atom. The zero-order valence-corrected chi connectivity index (χ0v) is 5.61. The summed E-state index contributed by atoms with van der Waals surface area (Å²) in [5.74, 6) is 0. The van der Waals surface area contributed by atoms with E-state index in [1.165, 1.54) is 6.07 Å². The third-order valence-corrected chi connectivity index (χ3v) is 1.38. The van der Waals surface area contributed by atoms with Crippen LogP contribution in [0.1, 0.15) is 0 Å². The summed E-state index contributed by atoms with van der Waals surface area (Å²) in [6.07, 6.45) is 1.63. The minimum Gasteiger partial charge on any atom is -0.268 e. The van der Waals surface area contributed by atoms with E-state index in [-0.39, 0.29) is 5.56 Å². The van der Waals surface area contributed by atoms with Gasteiger partial charge in [-0.25, -0.2) is 10.1 Å². The Bertz CT molecular complexity index is 435. The van der Waals surface area contributed by atoms with Gasteiger partial charge in [-0.05, 0) is 12.1 Å². The molecule has 0 bridgehead atoms. The molecule has 2 aromatic rings. The fraction of sp³-hybridized carbons (Fsp3) is 0. The number of hydrogen-bond donors (Lipinski definition) is 1. The standard InChI is InChI=1S/C7H5N3O/c11-6-4-5-2-1-3-8-7(5)10-9-6/h1-4H,(H,9,11). The number of hydrogen-bond acceptors (Lipinski definition) is 3. The average Bonchev–Trinajstić information content (AvgIpc) is 2.04. The summed E-state index contributed by atoms with van der Waals surface area (Å²) in [6, 6.07) is 5.03. The van der Waals surface area contributed by atoms with Crippen molar-refractivity contribution in [1.29, 1.82) is 0 Å². The Morgan fingerprint density at radius 1 is 1.45 bits per heavy atom. The third kappa shape index (κ3) is 0.980. The molecule has 0 aliphatic heterocycles. The van der Waals surface area contributed by atoms with E-state index in [9.17, 15) is 4.79 Å². The van der Waals surface area contributed by atoms with Crippen LogP contribution >= 0.6 is 0 Å². The van der Waals surface area contributed by atoms with Gasteiger partial charge in [-0.3, -0.25) is 4.79 Å². The van der Waals surface area contributed by atoms with Crippen LogP contribution in [0, 0.1) is 0 Å². The normalized spacial score (nSPS) is 10.2. The molecular weight excluding hydrogens is 142 g/mol. The molecule has 0 fully saturated rings. The molecule has 0 aliphatic rings. The number of aromatic nitrogens is 3. The summed E-state index contributed by atoms with van der Waals surface area (Å²) in [5.41, 5.74) is 0.359. The SMILES string of the molecule is O=c1cc2cccnc2n[nH]1. The molecule has 0 aromatic carbocycles. The summed E-state index contributed by atoms with van der Waals surface area (Å²) in [5, 5.41) is 6.80. The Morgan fingerprint density at radius 3 is 3.27 bits per heavy atom. The van der Waals surface area contributed by atoms with Gasteiger partial charge < -0.3 is 0 Å². The smallest absolute Gasteiger partial charge is 0.264 e. The largest absolute Gasteiger partial charge is 0.268 e. The van der Waals surface area contributed by atoms with Gasteiger partial charge in [-0.1, -0.05) is 0 Å². The van der Waals surface area contributed by atoms with Crippen LogP contribution in [-0.4, -0.2) is 15.2 Å². The Balaban J connectivity index is 2.94. The minimum absolute atomic E-state index is 0.203. The molecule has 0 amide bonds. The van der Waals surface area contributed by atoms with Gasteiger partial charge in [0.05, 0.1) is 0 Å². The molecule has 2 aromatic heterocycles. The lowest BCUT2D eigenvalue weighted by Crippen LogP contribution is -2.05. The molecule has 0 atom stereocenters. The predicted octanol–water partition coefficient (Wildman–Crippen LogP) is 0.318. The van der Waals surface area contributed by atoms with Gasteiger partial charge in [0, 0.05) is 17.6 Å². The third-order valence-electron chi connectivity index (χ3n) is 1.38. The highest BCUT2D eigenvalue weighted by molar-refractivity contribution is 5.72. The highest BCUT2D eigenvalue weighted by Crippen LogP contribution is 2.01. The topological polar surface area (TPSA) is 58.6 Å². The number of fused-ring (bicyclic) bond motifs is 1. The second kappa shape index (κ2) is 2.16. The second-order valence-corrected chi connectivity index (χ2v) is 2.15. The molecule has 0 spiro atoms. The lowest BCUT2D eigenvalue weighted by Gasteiger charge is -1.90. The molecule has 0 saturated heterocycles. The molecule has 54 valence electrons. The molecule has 2 rings (SSSR count). The van der Waals surface area contributed by atoms with E-state index in [4.69, 9.17) is 0 Å². The molecule has 0 saturated carbocycles. The van der Waals surface area contributed by atoms with Crippen molar-refractivity contribution in [3.8, 4) is 0 Å². The van der Waals surface area contributed by atoms with E-state index < -0.39 is 0 Å². The first-order valence-corrected chi connectivity index (χ1v) is 3.17. The summed E-state index contributed by atoms with van der Waals surface area (Å²) in [7, 11) is 0. The molecule has 1 N–H and O–H groups in total. The Hall–Kier alpha value is -1.71. The van der Waals surface area contributed by atoms with Gasteiger partial charge in [-0.2, -0.15) is 5.10 Å². The minimum atomic E-state index is -0.203. The summed E-state index contributed by atoms with van der Waals surface area (Å²) in [4.78, 5) is 14.7. The average molecular weight is 147 g/mol. The lowest BCUT2D eigenvalue weighted by atomic mass is 10.3. The highest BCUT2D eigenvalue weighted by Gasteiger charge is 1.92. The van der Waals surface area contributed by atoms with Crippen LogP contribution in [0.2, 0.25) is 0 Å². The zero-order valence-electron chi connectivity index (χ0n) is 5.61. The number of aromatic amines is 1. The maximum absolute atomic E-state index is 10.7. The summed E-state index contributed by atoms with van der Waals surface area (Å²) >= 11 is 0. The summed E-state index contributed by atoms with van der Waals surface area (Å²) < 4.78 is 0. The van der Waals surface area contributed by atoms with Gasteiger partial charge in [0.25, 0.3) is 5.56 Å². The predicted molar refractivity (Wildman–Crippen MR) is 40.2 cm³/mol. The molecule has 0 aliphatic carbocycles. The number of nitrogens with zero attached hydrogens (tertiary/aromatic N) is 2. The van der Waals surface area contributed by atoms with E-state index in [2.05, 4.69) is 15.2 Å². The van der Waals surface area contributed by atoms with Crippen LogP contribution in [0.25, 0.3) is 11.0 Å². The van der Waals surface area contributed by atoms with Crippen LogP contribution in [-0.2, 0) is 0 Å². The molecule has 2 heterocycles. The monoisotopic (exact) mass is 147 g/mol. The van der Waals surface area contributed by atoms with E-state index in [0.29, 0.717) is 5.65 Å². The first kappa shape index (κ1) is 6.03. The van der Waals surface area contributed by atoms with Crippen molar-refractivity contribution in [2.45, 2.75) is 0 Å². The van der Waals surface area contributed by atoms with Gasteiger partial charge in [0.2, 0.25) is 0 Å². The van der Waals surface area contributed by atoms with E-state index in [1.807, 2.05) is 0 Å². The van der Waals surface area contributed by atoms with Gasteiger partial charge >= 0.3 is 0 Å². The second-order valence-electron chi connectivity index (χ2n) is 2.15. The molecule has 4 nitrogen and oxygen atoms in total. The number of pyridine rings is 1. The lowest BCUT2D eigenvalue weighted by molar-refractivity contribution is 1.01. The molecule has 0 unspecified atom stereocenters. The van der Waals surface area contributed by atoms with Crippen molar-refractivity contribution in [2.24, 2.45) is 0 Å². The van der Waals surface area contributed by atoms with Crippen molar-refractivity contribution in [3.63, 3.8) is 0 Å². The summed E-state index contributed by atoms with van der Waals surface area (Å²) in [6.45, 7) is 0. The maximum Gasteiger partial charge on any atom is 0.264 e. The van der Waals surface area contributed by atoms with E-state index in [1.54, 1.807) is 18.3 Å². The highest BCUT2D eigenvalue weighted by atomic mass is 16.1. The van der Waals surface area contributed by atoms with Crippen molar-refractivity contribution >= 4 is 11.0 Å². The molecule has 4 heteroatoms. The molecule has 11 heavy (non-hydrogen) atoms. The van der Waals surface area contributed by atoms with Crippen molar-refractivity contribution < 1.29 is 0 Å². The van der Waals surface area contributed by atoms with Crippen LogP contribution in [0.4, 0.5) is 0 Å². The van der Waals surface area contributed by atoms with Crippen molar-refractivity contribution in [3.05, 3.63) is 34.7 Å². The van der Waals surface area contributed by atoms with Gasteiger partial charge in [0.15, 0.2) is 5.65 Å².